The molecule has 1 aromatic heterocycles. The lowest BCUT2D eigenvalue weighted by Crippen LogP contribution is -3.15. The number of nitrogens with zero attached hydrogens (tertiary/aromatic N) is 3. The minimum atomic E-state index is -4.07. The van der Waals surface area contributed by atoms with Crippen LogP contribution in [0, 0.1) is 0 Å². The second-order valence-electron chi connectivity index (χ2n) is 4.65. The highest BCUT2D eigenvalue weighted by Crippen LogP contribution is 2.03. The number of nitrogens with one attached hydrogen (secondary N) is 1. The molecule has 1 aromatic rings. The van der Waals surface area contributed by atoms with Gasteiger partial charge in [0.1, 0.15) is 0 Å². The van der Waals surface area contributed by atoms with Crippen molar-refractivity contribution in [3.63, 3.8) is 0 Å². The number of piperazine rings is 1. The van der Waals surface area contributed by atoms with E-state index in [1.165, 1.54) is 4.90 Å². The molecule has 0 amide bonds. The normalized spacial score (nSPS) is 17.6. The van der Waals surface area contributed by atoms with E-state index in [0.717, 1.165) is 38.7 Å². The third-order valence-electron chi connectivity index (χ3n) is 3.23. The quantitative estimate of drug-likeness (QED) is 0.637. The Bertz CT molecular complexity index is 486. The highest BCUT2D eigenvalue weighted by molar-refractivity contribution is 7.85. The fraction of sp³-hybridized carbons (Fsp3) is 0.636. The number of hydrogen-bond acceptors (Lipinski definition) is 6. The molecule has 8 heteroatoms. The lowest BCUT2D eigenvalue weighted by molar-refractivity contribution is -0.900. The maximum atomic E-state index is 10.5. The molecule has 2 rings (SSSR count). The van der Waals surface area contributed by atoms with Gasteiger partial charge in [-0.3, -0.25) is 0 Å². The fourth-order valence-corrected chi connectivity index (χ4v) is 2.72. The van der Waals surface area contributed by atoms with Gasteiger partial charge in [0.15, 0.2) is 0 Å². The van der Waals surface area contributed by atoms with Gasteiger partial charge in [-0.25, -0.2) is 18.4 Å². The number of aromatic nitrogens is 2. The molecule has 1 fully saturated rings. The first-order valence-corrected chi connectivity index (χ1v) is 7.91. The van der Waals surface area contributed by atoms with Gasteiger partial charge in [0, 0.05) is 24.6 Å². The summed E-state index contributed by atoms with van der Waals surface area (Å²) in [5, 5.41) is 0. The van der Waals surface area contributed by atoms with Crippen molar-refractivity contribution in [3.8, 4) is 0 Å². The number of anilines is 1. The van der Waals surface area contributed by atoms with E-state index in [9.17, 15) is 13.0 Å². The van der Waals surface area contributed by atoms with Crippen molar-refractivity contribution in [2.75, 3.05) is 43.4 Å². The van der Waals surface area contributed by atoms with Crippen LogP contribution in [0.1, 0.15) is 6.42 Å². The van der Waals surface area contributed by atoms with Gasteiger partial charge in [0.25, 0.3) is 0 Å². The van der Waals surface area contributed by atoms with E-state index >= 15 is 0 Å². The molecule has 7 nitrogen and oxygen atoms in total. The summed E-state index contributed by atoms with van der Waals surface area (Å²) in [6.07, 6.45) is 3.88. The molecule has 0 unspecified atom stereocenters. The maximum Gasteiger partial charge on any atom is 0.225 e. The zero-order chi connectivity index (χ0) is 13.7. The van der Waals surface area contributed by atoms with Crippen LogP contribution in [0.15, 0.2) is 18.5 Å². The SMILES string of the molecule is O=S(=O)([O-])CCC[NH+]1CCN(c2ncccn2)CC1. The third kappa shape index (κ3) is 4.73. The summed E-state index contributed by atoms with van der Waals surface area (Å²) in [4.78, 5) is 11.9. The minimum Gasteiger partial charge on any atom is -0.748 e. The molecule has 0 bridgehead atoms. The Balaban J connectivity index is 1.74. The average Bonchev–Trinajstić information content (AvgIpc) is 2.39. The van der Waals surface area contributed by atoms with Crippen molar-refractivity contribution in [2.24, 2.45) is 0 Å². The Morgan fingerprint density at radius 1 is 1.26 bits per heavy atom. The molecule has 1 N–H and O–H groups in total. The first-order chi connectivity index (χ1) is 9.04. The van der Waals surface area contributed by atoms with Crippen LogP contribution in [0.2, 0.25) is 0 Å². The Labute approximate surface area is 113 Å². The summed E-state index contributed by atoms with van der Waals surface area (Å²) < 4.78 is 31.6. The van der Waals surface area contributed by atoms with Gasteiger partial charge < -0.3 is 14.4 Å². The number of quaternary nitrogens is 1. The van der Waals surface area contributed by atoms with Gasteiger partial charge in [-0.05, 0) is 6.07 Å². The van der Waals surface area contributed by atoms with Gasteiger partial charge in [-0.15, -0.1) is 0 Å². The Kier molecular flexibility index (Phi) is 4.67. The van der Waals surface area contributed by atoms with Crippen LogP contribution in [-0.2, 0) is 10.1 Å². The molecule has 19 heavy (non-hydrogen) atoms. The Hall–Kier alpha value is -1.25. The molecular weight excluding hydrogens is 268 g/mol. The summed E-state index contributed by atoms with van der Waals surface area (Å²) in [6.45, 7) is 4.26. The van der Waals surface area contributed by atoms with Crippen LogP contribution in [0.4, 0.5) is 5.95 Å². The summed E-state index contributed by atoms with van der Waals surface area (Å²) in [5.41, 5.74) is 0. The highest BCUT2D eigenvalue weighted by Gasteiger charge is 2.21. The molecule has 0 spiro atoms. The average molecular weight is 286 g/mol. The van der Waals surface area contributed by atoms with Crippen molar-refractivity contribution in [1.82, 2.24) is 9.97 Å². The summed E-state index contributed by atoms with van der Waals surface area (Å²) in [6, 6.07) is 1.79. The van der Waals surface area contributed by atoms with E-state index in [0.29, 0.717) is 6.42 Å². The monoisotopic (exact) mass is 286 g/mol. The fourth-order valence-electron chi connectivity index (χ4n) is 2.23. The van der Waals surface area contributed by atoms with E-state index in [1.54, 1.807) is 18.5 Å². The van der Waals surface area contributed by atoms with Crippen molar-refractivity contribution < 1.29 is 17.9 Å². The van der Waals surface area contributed by atoms with Crippen molar-refractivity contribution in [2.45, 2.75) is 6.42 Å². The topological polar surface area (TPSA) is 90.7 Å². The number of rotatable bonds is 5. The molecule has 0 saturated carbocycles. The second kappa shape index (κ2) is 6.27. The molecule has 2 heterocycles. The molecule has 0 aliphatic carbocycles. The van der Waals surface area contributed by atoms with Crippen molar-refractivity contribution in [3.05, 3.63) is 18.5 Å². The molecule has 1 aliphatic rings. The second-order valence-corrected chi connectivity index (χ2v) is 6.17. The first kappa shape index (κ1) is 14.2. The van der Waals surface area contributed by atoms with Crippen LogP contribution in [0.25, 0.3) is 0 Å². The van der Waals surface area contributed by atoms with Crippen LogP contribution in [-0.4, -0.2) is 61.4 Å². The van der Waals surface area contributed by atoms with Gasteiger partial charge in [0.05, 0.1) is 42.8 Å². The maximum absolute atomic E-state index is 10.5. The van der Waals surface area contributed by atoms with E-state index in [2.05, 4.69) is 14.9 Å². The predicted octanol–water partition coefficient (Wildman–Crippen LogP) is -1.88. The van der Waals surface area contributed by atoms with Crippen molar-refractivity contribution in [1.29, 1.82) is 0 Å². The molecule has 0 radical (unpaired) electrons. The highest BCUT2D eigenvalue weighted by atomic mass is 32.2. The van der Waals surface area contributed by atoms with Crippen LogP contribution >= 0.6 is 0 Å². The van der Waals surface area contributed by atoms with Gasteiger partial charge in [-0.1, -0.05) is 0 Å². The summed E-state index contributed by atoms with van der Waals surface area (Å²) >= 11 is 0. The third-order valence-corrected chi connectivity index (χ3v) is 4.02. The lowest BCUT2D eigenvalue weighted by atomic mass is 10.3. The summed E-state index contributed by atoms with van der Waals surface area (Å²) in [5.74, 6) is 0.478. The Morgan fingerprint density at radius 2 is 1.89 bits per heavy atom. The largest absolute Gasteiger partial charge is 0.748 e. The molecule has 1 aliphatic heterocycles. The first-order valence-electron chi connectivity index (χ1n) is 6.34. The predicted molar refractivity (Wildman–Crippen MR) is 69.0 cm³/mol. The Morgan fingerprint density at radius 3 is 2.47 bits per heavy atom. The van der Waals surface area contributed by atoms with Crippen LogP contribution in [0.3, 0.4) is 0 Å². The molecule has 0 aromatic carbocycles. The van der Waals surface area contributed by atoms with E-state index < -0.39 is 10.1 Å². The number of hydrogen-bond donors (Lipinski definition) is 1. The van der Waals surface area contributed by atoms with Gasteiger partial charge in [-0.2, -0.15) is 0 Å². The zero-order valence-corrected chi connectivity index (χ0v) is 11.5. The summed E-state index contributed by atoms with van der Waals surface area (Å²) in [7, 11) is -4.07. The van der Waals surface area contributed by atoms with Gasteiger partial charge >= 0.3 is 0 Å². The van der Waals surface area contributed by atoms with E-state index in [4.69, 9.17) is 0 Å². The molecule has 106 valence electrons. The lowest BCUT2D eigenvalue weighted by Gasteiger charge is -2.32. The van der Waals surface area contributed by atoms with Crippen molar-refractivity contribution >= 4 is 16.1 Å². The zero-order valence-electron chi connectivity index (χ0n) is 10.7. The standard InChI is InChI=1S/C11H18N4O3S/c16-19(17,18)10-2-5-14-6-8-15(9-7-14)11-12-3-1-4-13-11/h1,3-4H,2,5-10H2,(H,16,17,18). The smallest absolute Gasteiger partial charge is 0.225 e. The van der Waals surface area contributed by atoms with E-state index in [1.807, 2.05) is 0 Å². The van der Waals surface area contributed by atoms with E-state index in [-0.39, 0.29) is 5.75 Å². The van der Waals surface area contributed by atoms with Crippen LogP contribution < -0.4 is 9.80 Å². The van der Waals surface area contributed by atoms with Gasteiger partial charge in [0.2, 0.25) is 5.95 Å². The minimum absolute atomic E-state index is 0.262. The molecule has 0 atom stereocenters. The molecular formula is C11H18N4O3S. The van der Waals surface area contributed by atoms with Crippen LogP contribution in [0.5, 0.6) is 0 Å². The molecule has 1 saturated heterocycles.